The lowest BCUT2D eigenvalue weighted by atomic mass is 9.95. The molecule has 1 amide bonds. The van der Waals surface area contributed by atoms with Gasteiger partial charge in [0.25, 0.3) is 5.91 Å². The minimum atomic E-state index is -4.42. The molecule has 0 heterocycles. The van der Waals surface area contributed by atoms with Crippen molar-refractivity contribution in [1.29, 1.82) is 5.41 Å². The number of amides is 1. The smallest absolute Gasteiger partial charge is 0.387 e. The van der Waals surface area contributed by atoms with E-state index in [1.165, 1.54) is 24.8 Å². The first-order valence-corrected chi connectivity index (χ1v) is 8.06. The third-order valence-corrected chi connectivity index (χ3v) is 4.08. The molecule has 8 heteroatoms. The van der Waals surface area contributed by atoms with E-state index in [-0.39, 0.29) is 23.1 Å². The lowest BCUT2D eigenvalue weighted by Gasteiger charge is -2.22. The second-order valence-electron chi connectivity index (χ2n) is 6.00. The predicted molar refractivity (Wildman–Crippen MR) is 90.1 cm³/mol. The molecule has 1 aliphatic rings. The molecule has 0 saturated heterocycles. The number of nitrogens with one attached hydrogen (secondary N) is 3. The molecule has 0 spiro atoms. The Labute approximate surface area is 144 Å². The highest BCUT2D eigenvalue weighted by Gasteiger charge is 2.30. The number of benzene rings is 1. The van der Waals surface area contributed by atoms with Crippen LogP contribution in [0.25, 0.3) is 0 Å². The number of hydrogen-bond acceptors (Lipinski definition) is 3. The Kier molecular flexibility index (Phi) is 6.06. The summed E-state index contributed by atoms with van der Waals surface area (Å²) in [6.07, 6.45) is 2.38. The monoisotopic (exact) mass is 354 g/mol. The maximum atomic E-state index is 12.6. The number of hydrogen-bond donors (Lipinski definition) is 4. The zero-order chi connectivity index (χ0) is 18.4. The van der Waals surface area contributed by atoms with E-state index < -0.39 is 17.6 Å². The molecule has 1 aromatic carbocycles. The Hall–Kier alpha value is -2.51. The van der Waals surface area contributed by atoms with Gasteiger partial charge in [0.05, 0.1) is 11.1 Å². The highest BCUT2D eigenvalue weighted by Crippen LogP contribution is 2.29. The van der Waals surface area contributed by atoms with E-state index in [0.29, 0.717) is 0 Å². The number of carbonyl (C=O) groups excluding carboxylic acids is 1. The molecule has 136 valence electrons. The van der Waals surface area contributed by atoms with Crippen LogP contribution in [0.15, 0.2) is 36.0 Å². The Morgan fingerprint density at radius 2 is 1.76 bits per heavy atom. The van der Waals surface area contributed by atoms with Gasteiger partial charge in [-0.1, -0.05) is 19.3 Å². The predicted octanol–water partition coefficient (Wildman–Crippen LogP) is 3.39. The molecule has 0 bridgehead atoms. The van der Waals surface area contributed by atoms with Crippen LogP contribution < -0.4 is 16.4 Å². The number of amidine groups is 1. The number of primary amides is 1. The van der Waals surface area contributed by atoms with E-state index in [1.54, 1.807) is 0 Å². The van der Waals surface area contributed by atoms with Crippen molar-refractivity contribution >= 4 is 17.4 Å². The topological polar surface area (TPSA) is 91.0 Å². The molecule has 1 aromatic rings. The van der Waals surface area contributed by atoms with Crippen molar-refractivity contribution in [2.75, 3.05) is 5.32 Å². The van der Waals surface area contributed by atoms with Gasteiger partial charge in [-0.3, -0.25) is 10.2 Å². The van der Waals surface area contributed by atoms with Crippen molar-refractivity contribution in [2.45, 2.75) is 44.3 Å². The number of anilines is 1. The van der Waals surface area contributed by atoms with Gasteiger partial charge >= 0.3 is 6.18 Å². The molecule has 5 N–H and O–H groups in total. The van der Waals surface area contributed by atoms with Gasteiger partial charge in [0.2, 0.25) is 0 Å². The summed E-state index contributed by atoms with van der Waals surface area (Å²) < 4.78 is 37.7. The van der Waals surface area contributed by atoms with E-state index in [0.717, 1.165) is 37.8 Å². The van der Waals surface area contributed by atoms with Crippen molar-refractivity contribution in [1.82, 2.24) is 5.32 Å². The lowest BCUT2D eigenvalue weighted by molar-refractivity contribution is -0.137. The highest BCUT2D eigenvalue weighted by atomic mass is 19.4. The largest absolute Gasteiger partial charge is 0.416 e. The van der Waals surface area contributed by atoms with Gasteiger partial charge in [0.1, 0.15) is 5.84 Å². The molecular formula is C17H21F3N4O. The summed E-state index contributed by atoms with van der Waals surface area (Å²) in [5, 5.41) is 13.7. The molecule has 0 atom stereocenters. The fourth-order valence-electron chi connectivity index (χ4n) is 2.69. The summed E-state index contributed by atoms with van der Waals surface area (Å²) in [5.74, 6) is -1.05. The molecular weight excluding hydrogens is 333 g/mol. The van der Waals surface area contributed by atoms with Gasteiger partial charge in [0, 0.05) is 17.9 Å². The normalized spacial score (nSPS) is 16.4. The number of halogens is 3. The van der Waals surface area contributed by atoms with Crippen LogP contribution in [-0.4, -0.2) is 17.8 Å². The average Bonchev–Trinajstić information content (AvgIpc) is 2.55. The second-order valence-corrected chi connectivity index (χ2v) is 6.00. The van der Waals surface area contributed by atoms with Crippen LogP contribution in [0.1, 0.15) is 37.7 Å². The molecule has 1 fully saturated rings. The fourth-order valence-corrected chi connectivity index (χ4v) is 2.69. The van der Waals surface area contributed by atoms with E-state index in [1.807, 2.05) is 0 Å². The second kappa shape index (κ2) is 8.04. The number of nitrogens with two attached hydrogens (primary N) is 1. The fraction of sp³-hybridized carbons (Fsp3) is 0.412. The zero-order valence-electron chi connectivity index (χ0n) is 13.6. The van der Waals surface area contributed by atoms with Crippen LogP contribution in [-0.2, 0) is 11.0 Å². The third kappa shape index (κ3) is 5.51. The molecule has 5 nitrogen and oxygen atoms in total. The molecule has 25 heavy (non-hydrogen) atoms. The van der Waals surface area contributed by atoms with Crippen molar-refractivity contribution in [3.05, 3.63) is 41.6 Å². The maximum Gasteiger partial charge on any atom is 0.416 e. The summed E-state index contributed by atoms with van der Waals surface area (Å²) >= 11 is 0. The van der Waals surface area contributed by atoms with Crippen LogP contribution in [0.2, 0.25) is 0 Å². The first kappa shape index (κ1) is 18.8. The Balaban J connectivity index is 2.03. The van der Waals surface area contributed by atoms with Gasteiger partial charge in [-0.15, -0.1) is 0 Å². The lowest BCUT2D eigenvalue weighted by Crippen LogP contribution is -2.31. The standard InChI is InChI=1S/C17H21F3N4O/c18-17(19,20)11-6-8-13(9-7-11)24-15(21)14(16(22)25)10-23-12-4-2-1-3-5-12/h6-10,12,23H,1-5H2,(H2,21,24)(H2,22,25)/b14-10+. The highest BCUT2D eigenvalue weighted by molar-refractivity contribution is 6.23. The molecule has 0 radical (unpaired) electrons. The zero-order valence-corrected chi connectivity index (χ0v) is 13.6. The summed E-state index contributed by atoms with van der Waals surface area (Å²) in [7, 11) is 0. The molecule has 1 saturated carbocycles. The quantitative estimate of drug-likeness (QED) is 0.371. The minimum absolute atomic E-state index is 0.0505. The SMILES string of the molecule is N=C(Nc1ccc(C(F)(F)F)cc1)/C(=C\NC1CCCCC1)C(N)=O. The van der Waals surface area contributed by atoms with Crippen molar-refractivity contribution in [2.24, 2.45) is 5.73 Å². The van der Waals surface area contributed by atoms with E-state index >= 15 is 0 Å². The number of carbonyl (C=O) groups is 1. The van der Waals surface area contributed by atoms with E-state index in [4.69, 9.17) is 11.1 Å². The first-order valence-electron chi connectivity index (χ1n) is 8.06. The van der Waals surface area contributed by atoms with Crippen LogP contribution in [0.5, 0.6) is 0 Å². The summed E-state index contributed by atoms with van der Waals surface area (Å²) in [6, 6.07) is 4.45. The Morgan fingerprint density at radius 1 is 1.16 bits per heavy atom. The molecule has 0 aliphatic heterocycles. The van der Waals surface area contributed by atoms with Crippen LogP contribution in [0, 0.1) is 5.41 Å². The van der Waals surface area contributed by atoms with E-state index in [9.17, 15) is 18.0 Å². The summed E-state index contributed by atoms with van der Waals surface area (Å²) in [4.78, 5) is 11.6. The van der Waals surface area contributed by atoms with Gasteiger partial charge in [-0.05, 0) is 37.1 Å². The first-order chi connectivity index (χ1) is 11.8. The van der Waals surface area contributed by atoms with Crippen molar-refractivity contribution < 1.29 is 18.0 Å². The van der Waals surface area contributed by atoms with Gasteiger partial charge < -0.3 is 16.4 Å². The Bertz CT molecular complexity index is 647. The van der Waals surface area contributed by atoms with Gasteiger partial charge in [0.15, 0.2) is 0 Å². The van der Waals surface area contributed by atoms with Crippen LogP contribution >= 0.6 is 0 Å². The molecule has 1 aliphatic carbocycles. The van der Waals surface area contributed by atoms with Crippen LogP contribution in [0.3, 0.4) is 0 Å². The third-order valence-electron chi connectivity index (χ3n) is 4.08. The maximum absolute atomic E-state index is 12.6. The minimum Gasteiger partial charge on any atom is -0.387 e. The summed E-state index contributed by atoms with van der Waals surface area (Å²) in [6.45, 7) is 0. The van der Waals surface area contributed by atoms with Crippen LogP contribution in [0.4, 0.5) is 18.9 Å². The molecule has 0 unspecified atom stereocenters. The summed E-state index contributed by atoms with van der Waals surface area (Å²) in [5.41, 5.74) is 4.74. The Morgan fingerprint density at radius 3 is 2.28 bits per heavy atom. The van der Waals surface area contributed by atoms with Gasteiger partial charge in [-0.2, -0.15) is 13.2 Å². The molecule has 2 rings (SSSR count). The number of rotatable bonds is 5. The molecule has 0 aromatic heterocycles. The number of alkyl halides is 3. The average molecular weight is 354 g/mol. The van der Waals surface area contributed by atoms with Crippen molar-refractivity contribution in [3.63, 3.8) is 0 Å². The van der Waals surface area contributed by atoms with Crippen molar-refractivity contribution in [3.8, 4) is 0 Å². The van der Waals surface area contributed by atoms with Gasteiger partial charge in [-0.25, -0.2) is 0 Å². The van der Waals surface area contributed by atoms with E-state index in [2.05, 4.69) is 10.6 Å².